The largest absolute Gasteiger partial charge is 0.356 e. The maximum Gasteiger partial charge on any atom is 0.132 e. The van der Waals surface area contributed by atoms with E-state index in [0.29, 0.717) is 12.1 Å². The average molecular weight is 275 g/mol. The van der Waals surface area contributed by atoms with Crippen LogP contribution in [0.15, 0.2) is 18.3 Å². The van der Waals surface area contributed by atoms with Crippen LogP contribution in [0.5, 0.6) is 0 Å². The Morgan fingerprint density at radius 2 is 2.00 bits per heavy atom. The van der Waals surface area contributed by atoms with Crippen LogP contribution >= 0.6 is 0 Å². The molecular weight excluding hydrogens is 246 g/mol. The van der Waals surface area contributed by atoms with E-state index in [0.717, 1.165) is 18.3 Å². The molecule has 0 unspecified atom stereocenters. The van der Waals surface area contributed by atoms with E-state index in [-0.39, 0.29) is 0 Å². The molecule has 112 valence electrons. The average Bonchev–Trinajstić information content (AvgIpc) is 2.45. The number of hydrogen-bond acceptors (Lipinski definition) is 3. The monoisotopic (exact) mass is 275 g/mol. The molecule has 3 nitrogen and oxygen atoms in total. The van der Waals surface area contributed by atoms with Gasteiger partial charge in [-0.05, 0) is 37.7 Å². The maximum absolute atomic E-state index is 4.64. The van der Waals surface area contributed by atoms with E-state index in [2.05, 4.69) is 49.1 Å². The third-order valence-corrected chi connectivity index (χ3v) is 4.44. The summed E-state index contributed by atoms with van der Waals surface area (Å²) in [7, 11) is 2.21. The fourth-order valence-electron chi connectivity index (χ4n) is 3.00. The molecule has 1 aromatic rings. The van der Waals surface area contributed by atoms with Crippen molar-refractivity contribution in [1.82, 2.24) is 10.3 Å². The molecule has 0 amide bonds. The van der Waals surface area contributed by atoms with Crippen molar-refractivity contribution in [3.8, 4) is 0 Å². The van der Waals surface area contributed by atoms with Gasteiger partial charge in [0.15, 0.2) is 0 Å². The lowest BCUT2D eigenvalue weighted by molar-refractivity contribution is 0.339. The second-order valence-electron chi connectivity index (χ2n) is 6.55. The van der Waals surface area contributed by atoms with Gasteiger partial charge in [-0.15, -0.1) is 0 Å². The Morgan fingerprint density at radius 3 is 2.65 bits per heavy atom. The normalized spacial score (nSPS) is 23.1. The fourth-order valence-corrected chi connectivity index (χ4v) is 3.00. The number of hydrogen-bond donors (Lipinski definition) is 1. The minimum absolute atomic E-state index is 0.504. The van der Waals surface area contributed by atoms with Gasteiger partial charge in [-0.3, -0.25) is 0 Å². The van der Waals surface area contributed by atoms with Gasteiger partial charge < -0.3 is 10.2 Å². The molecule has 1 aromatic heterocycles. The zero-order valence-corrected chi connectivity index (χ0v) is 13.4. The standard InChI is InChI=1S/C17H29N3/c1-13(2)19-12-15-6-5-11-18-17(15)20(4)16-9-7-14(3)8-10-16/h5-6,11,13-14,16,19H,7-10,12H2,1-4H3. The summed E-state index contributed by atoms with van der Waals surface area (Å²) in [5.74, 6) is 2.05. The van der Waals surface area contributed by atoms with Crippen molar-refractivity contribution in [2.24, 2.45) is 5.92 Å². The summed E-state index contributed by atoms with van der Waals surface area (Å²) in [5.41, 5.74) is 1.31. The number of aromatic nitrogens is 1. The zero-order chi connectivity index (χ0) is 14.5. The van der Waals surface area contributed by atoms with Crippen molar-refractivity contribution in [3.05, 3.63) is 23.9 Å². The Kier molecular flexibility index (Phi) is 5.41. The SMILES string of the molecule is CC1CCC(N(C)c2ncccc2CNC(C)C)CC1. The summed E-state index contributed by atoms with van der Waals surface area (Å²) in [5, 5.41) is 3.50. The minimum Gasteiger partial charge on any atom is -0.356 e. The van der Waals surface area contributed by atoms with Gasteiger partial charge in [0.1, 0.15) is 5.82 Å². The van der Waals surface area contributed by atoms with E-state index < -0.39 is 0 Å². The highest BCUT2D eigenvalue weighted by atomic mass is 15.2. The first-order chi connectivity index (χ1) is 9.58. The topological polar surface area (TPSA) is 28.2 Å². The summed E-state index contributed by atoms with van der Waals surface area (Å²) >= 11 is 0. The molecule has 0 spiro atoms. The molecule has 3 heteroatoms. The first-order valence-electron chi connectivity index (χ1n) is 7.98. The van der Waals surface area contributed by atoms with Gasteiger partial charge in [0.25, 0.3) is 0 Å². The quantitative estimate of drug-likeness (QED) is 0.890. The van der Waals surface area contributed by atoms with E-state index in [4.69, 9.17) is 0 Å². The second kappa shape index (κ2) is 7.07. The first kappa shape index (κ1) is 15.3. The van der Waals surface area contributed by atoms with E-state index >= 15 is 0 Å². The molecule has 2 rings (SSSR count). The smallest absolute Gasteiger partial charge is 0.132 e. The number of anilines is 1. The van der Waals surface area contributed by atoms with Crippen LogP contribution in [0.2, 0.25) is 0 Å². The van der Waals surface area contributed by atoms with Crippen LogP contribution in [-0.4, -0.2) is 24.1 Å². The molecule has 20 heavy (non-hydrogen) atoms. The van der Waals surface area contributed by atoms with Crippen LogP contribution in [0, 0.1) is 5.92 Å². The Bertz CT molecular complexity index is 408. The van der Waals surface area contributed by atoms with Crippen LogP contribution in [-0.2, 0) is 6.54 Å². The van der Waals surface area contributed by atoms with Crippen molar-refractivity contribution < 1.29 is 0 Å². The van der Waals surface area contributed by atoms with E-state index in [1.54, 1.807) is 0 Å². The van der Waals surface area contributed by atoms with Gasteiger partial charge in [-0.1, -0.05) is 26.8 Å². The third-order valence-electron chi connectivity index (χ3n) is 4.44. The van der Waals surface area contributed by atoms with Gasteiger partial charge in [0.05, 0.1) is 0 Å². The summed E-state index contributed by atoms with van der Waals surface area (Å²) in [6.07, 6.45) is 7.20. The van der Waals surface area contributed by atoms with Gasteiger partial charge in [-0.25, -0.2) is 4.98 Å². The van der Waals surface area contributed by atoms with Crippen LogP contribution in [0.4, 0.5) is 5.82 Å². The minimum atomic E-state index is 0.504. The number of nitrogens with one attached hydrogen (secondary N) is 1. The maximum atomic E-state index is 4.64. The van der Waals surface area contributed by atoms with E-state index in [9.17, 15) is 0 Å². The number of nitrogens with zero attached hydrogens (tertiary/aromatic N) is 2. The molecule has 1 heterocycles. The highest BCUT2D eigenvalue weighted by Gasteiger charge is 2.23. The van der Waals surface area contributed by atoms with Gasteiger partial charge in [0.2, 0.25) is 0 Å². The first-order valence-corrected chi connectivity index (χ1v) is 7.98. The van der Waals surface area contributed by atoms with Crippen LogP contribution in [0.3, 0.4) is 0 Å². The second-order valence-corrected chi connectivity index (χ2v) is 6.55. The lowest BCUT2D eigenvalue weighted by Crippen LogP contribution is -2.36. The molecule has 1 aliphatic rings. The Hall–Kier alpha value is -1.09. The highest BCUT2D eigenvalue weighted by Crippen LogP contribution is 2.29. The van der Waals surface area contributed by atoms with Crippen LogP contribution in [0.25, 0.3) is 0 Å². The molecular formula is C17H29N3. The molecule has 0 radical (unpaired) electrons. The van der Waals surface area contributed by atoms with Crippen molar-refractivity contribution >= 4 is 5.82 Å². The van der Waals surface area contributed by atoms with E-state index in [1.807, 2.05) is 12.3 Å². The Labute approximate surface area is 123 Å². The van der Waals surface area contributed by atoms with Gasteiger partial charge >= 0.3 is 0 Å². The molecule has 0 bridgehead atoms. The Morgan fingerprint density at radius 1 is 1.30 bits per heavy atom. The van der Waals surface area contributed by atoms with Crippen molar-refractivity contribution in [3.63, 3.8) is 0 Å². The van der Waals surface area contributed by atoms with E-state index in [1.165, 1.54) is 31.2 Å². The van der Waals surface area contributed by atoms with Crippen LogP contribution < -0.4 is 10.2 Å². The van der Waals surface area contributed by atoms with Crippen molar-refractivity contribution in [2.45, 2.75) is 65.1 Å². The highest BCUT2D eigenvalue weighted by molar-refractivity contribution is 5.47. The summed E-state index contributed by atoms with van der Waals surface area (Å²) < 4.78 is 0. The summed E-state index contributed by atoms with van der Waals surface area (Å²) in [4.78, 5) is 7.04. The molecule has 0 saturated heterocycles. The lowest BCUT2D eigenvalue weighted by Gasteiger charge is -2.35. The number of pyridine rings is 1. The number of rotatable bonds is 5. The van der Waals surface area contributed by atoms with Crippen molar-refractivity contribution in [2.75, 3.05) is 11.9 Å². The predicted molar refractivity (Wildman–Crippen MR) is 86.0 cm³/mol. The lowest BCUT2D eigenvalue weighted by atomic mass is 9.86. The molecule has 1 N–H and O–H groups in total. The zero-order valence-electron chi connectivity index (χ0n) is 13.4. The molecule has 0 atom stereocenters. The van der Waals surface area contributed by atoms with Gasteiger partial charge in [0, 0.05) is 37.4 Å². The molecule has 1 fully saturated rings. The predicted octanol–water partition coefficient (Wildman–Crippen LogP) is 3.59. The van der Waals surface area contributed by atoms with Gasteiger partial charge in [-0.2, -0.15) is 0 Å². The fraction of sp³-hybridized carbons (Fsp3) is 0.706. The van der Waals surface area contributed by atoms with Crippen molar-refractivity contribution in [1.29, 1.82) is 0 Å². The molecule has 1 aliphatic carbocycles. The summed E-state index contributed by atoms with van der Waals surface area (Å²) in [6.45, 7) is 7.63. The Balaban J connectivity index is 2.06. The molecule has 1 saturated carbocycles. The summed E-state index contributed by atoms with van der Waals surface area (Å²) in [6, 6.07) is 5.39. The molecule has 0 aliphatic heterocycles. The molecule has 0 aromatic carbocycles. The van der Waals surface area contributed by atoms with Crippen LogP contribution in [0.1, 0.15) is 52.0 Å². The third kappa shape index (κ3) is 3.95.